The van der Waals surface area contributed by atoms with Crippen LogP contribution in [0.2, 0.25) is 5.02 Å². The van der Waals surface area contributed by atoms with Gasteiger partial charge in [0.15, 0.2) is 0 Å². The van der Waals surface area contributed by atoms with E-state index < -0.39 is 0 Å². The first-order valence-electron chi connectivity index (χ1n) is 9.69. The molecule has 0 amide bonds. The number of nitrogens with zero attached hydrogens (tertiary/aromatic N) is 4. The zero-order valence-corrected chi connectivity index (χ0v) is 16.2. The second kappa shape index (κ2) is 10.0. The van der Waals surface area contributed by atoms with Crippen molar-refractivity contribution >= 4 is 24.0 Å². The van der Waals surface area contributed by atoms with Gasteiger partial charge >= 0.3 is 0 Å². The Kier molecular flexibility index (Phi) is 7.47. The minimum atomic E-state index is 0.198. The lowest BCUT2D eigenvalue weighted by Crippen LogP contribution is -2.22. The molecule has 2 aliphatic rings. The molecule has 26 heavy (non-hydrogen) atoms. The molecule has 0 spiro atoms. The molecule has 6 heteroatoms. The van der Waals surface area contributed by atoms with Crippen LogP contribution in [0.1, 0.15) is 36.8 Å². The number of benzene rings is 1. The normalized spacial score (nSPS) is 19.4. The summed E-state index contributed by atoms with van der Waals surface area (Å²) in [5.74, 6) is 0.198. The van der Waals surface area contributed by atoms with E-state index >= 15 is 0 Å². The minimum absolute atomic E-state index is 0.198. The lowest BCUT2D eigenvalue weighted by atomic mass is 10.1. The van der Waals surface area contributed by atoms with E-state index in [-0.39, 0.29) is 5.75 Å². The summed E-state index contributed by atoms with van der Waals surface area (Å²) in [6.45, 7) is 8.14. The largest absolute Gasteiger partial charge is 0.507 e. The first-order chi connectivity index (χ1) is 12.7. The Morgan fingerprint density at radius 1 is 0.846 bits per heavy atom. The third-order valence-corrected chi connectivity index (χ3v) is 5.30. The number of aliphatic imine (C=N–C) groups is 2. The summed E-state index contributed by atoms with van der Waals surface area (Å²) >= 11 is 6.20. The zero-order chi connectivity index (χ0) is 18.2. The Bertz CT molecular complexity index is 584. The smallest absolute Gasteiger partial charge is 0.133 e. The molecule has 1 aromatic rings. The standard InChI is InChI=1S/C20H29ClN4O/c21-19-13-17(15-22-5-11-24-7-1-2-8-24)20(26)18(14-19)16-23-6-12-25-9-3-4-10-25/h13-16,26H,1-12H2. The van der Waals surface area contributed by atoms with Gasteiger partial charge in [-0.15, -0.1) is 0 Å². The molecule has 0 aliphatic carbocycles. The molecule has 0 bridgehead atoms. The Morgan fingerprint density at radius 2 is 1.27 bits per heavy atom. The summed E-state index contributed by atoms with van der Waals surface area (Å²) in [6, 6.07) is 3.50. The van der Waals surface area contributed by atoms with Crippen molar-refractivity contribution in [1.29, 1.82) is 0 Å². The third kappa shape index (κ3) is 5.79. The van der Waals surface area contributed by atoms with Gasteiger partial charge < -0.3 is 14.9 Å². The lowest BCUT2D eigenvalue weighted by molar-refractivity contribution is 0.349. The Balaban J connectivity index is 1.54. The fourth-order valence-corrected chi connectivity index (χ4v) is 3.81. The molecule has 2 fully saturated rings. The highest BCUT2D eigenvalue weighted by Gasteiger charge is 2.11. The summed E-state index contributed by atoms with van der Waals surface area (Å²) in [6.07, 6.45) is 8.61. The molecule has 2 saturated heterocycles. The molecule has 0 aromatic heterocycles. The van der Waals surface area contributed by atoms with Crippen molar-refractivity contribution in [3.8, 4) is 5.75 Å². The van der Waals surface area contributed by atoms with Crippen LogP contribution >= 0.6 is 11.6 Å². The molecule has 0 saturated carbocycles. The van der Waals surface area contributed by atoms with Crippen molar-refractivity contribution in [1.82, 2.24) is 9.80 Å². The summed E-state index contributed by atoms with van der Waals surface area (Å²) in [4.78, 5) is 13.8. The van der Waals surface area contributed by atoms with E-state index in [4.69, 9.17) is 11.6 Å². The van der Waals surface area contributed by atoms with Crippen molar-refractivity contribution < 1.29 is 5.11 Å². The third-order valence-electron chi connectivity index (χ3n) is 5.08. The molecule has 5 nitrogen and oxygen atoms in total. The van der Waals surface area contributed by atoms with Crippen LogP contribution in [0.25, 0.3) is 0 Å². The van der Waals surface area contributed by atoms with Gasteiger partial charge in [-0.2, -0.15) is 0 Å². The Labute approximate surface area is 161 Å². The summed E-state index contributed by atoms with van der Waals surface area (Å²) in [5.41, 5.74) is 1.31. The van der Waals surface area contributed by atoms with Gasteiger partial charge in [0, 0.05) is 41.7 Å². The zero-order valence-electron chi connectivity index (χ0n) is 15.4. The van der Waals surface area contributed by atoms with E-state index in [2.05, 4.69) is 19.8 Å². The van der Waals surface area contributed by atoms with Crippen LogP contribution in [0.3, 0.4) is 0 Å². The van der Waals surface area contributed by atoms with Crippen LogP contribution < -0.4 is 0 Å². The number of phenolic OH excluding ortho intramolecular Hbond substituents is 1. The molecule has 0 atom stereocenters. The molecule has 1 N–H and O–H groups in total. The number of aromatic hydroxyl groups is 1. The van der Waals surface area contributed by atoms with Crippen LogP contribution in [0, 0.1) is 0 Å². The van der Waals surface area contributed by atoms with Crippen molar-refractivity contribution in [2.75, 3.05) is 52.4 Å². The maximum atomic E-state index is 10.5. The molecular weight excluding hydrogens is 348 g/mol. The molecule has 1 aromatic carbocycles. The summed E-state index contributed by atoms with van der Waals surface area (Å²) in [5, 5.41) is 11.1. The number of rotatable bonds is 8. The maximum absolute atomic E-state index is 10.5. The second-order valence-electron chi connectivity index (χ2n) is 7.10. The van der Waals surface area contributed by atoms with Gasteiger partial charge in [0.05, 0.1) is 13.1 Å². The van der Waals surface area contributed by atoms with Gasteiger partial charge in [0.25, 0.3) is 0 Å². The lowest BCUT2D eigenvalue weighted by Gasteiger charge is -2.12. The first-order valence-corrected chi connectivity index (χ1v) is 10.1. The number of likely N-dealkylation sites (tertiary alicyclic amines) is 2. The van der Waals surface area contributed by atoms with E-state index in [1.54, 1.807) is 24.6 Å². The molecule has 2 aliphatic heterocycles. The Hall–Kier alpha value is -1.43. The van der Waals surface area contributed by atoms with Gasteiger partial charge in [0.1, 0.15) is 5.75 Å². The number of hydrogen-bond donors (Lipinski definition) is 1. The van der Waals surface area contributed by atoms with Crippen molar-refractivity contribution in [2.24, 2.45) is 9.98 Å². The SMILES string of the molecule is Oc1c(C=NCCN2CCCC2)cc(Cl)cc1C=NCCN1CCCC1. The van der Waals surface area contributed by atoms with Crippen molar-refractivity contribution in [3.63, 3.8) is 0 Å². The molecule has 142 valence electrons. The summed E-state index contributed by atoms with van der Waals surface area (Å²) in [7, 11) is 0. The van der Waals surface area contributed by atoms with Gasteiger partial charge in [0.2, 0.25) is 0 Å². The topological polar surface area (TPSA) is 51.4 Å². The van der Waals surface area contributed by atoms with E-state index in [9.17, 15) is 5.11 Å². The van der Waals surface area contributed by atoms with Crippen molar-refractivity contribution in [2.45, 2.75) is 25.7 Å². The van der Waals surface area contributed by atoms with Gasteiger partial charge in [-0.1, -0.05) is 11.6 Å². The minimum Gasteiger partial charge on any atom is -0.507 e. The van der Waals surface area contributed by atoms with Gasteiger partial charge in [-0.25, -0.2) is 0 Å². The highest BCUT2D eigenvalue weighted by molar-refractivity contribution is 6.31. The van der Waals surface area contributed by atoms with Gasteiger partial charge in [-0.3, -0.25) is 9.98 Å². The second-order valence-corrected chi connectivity index (χ2v) is 7.54. The average Bonchev–Trinajstić information content (AvgIpc) is 3.32. The highest BCUT2D eigenvalue weighted by atomic mass is 35.5. The number of phenols is 1. The molecule has 2 heterocycles. The average molecular weight is 377 g/mol. The van der Waals surface area contributed by atoms with Crippen LogP contribution in [-0.2, 0) is 0 Å². The molecule has 3 rings (SSSR count). The predicted molar refractivity (Wildman–Crippen MR) is 109 cm³/mol. The maximum Gasteiger partial charge on any atom is 0.133 e. The fourth-order valence-electron chi connectivity index (χ4n) is 3.58. The number of halogens is 1. The molecule has 0 radical (unpaired) electrons. The fraction of sp³-hybridized carbons (Fsp3) is 0.600. The van der Waals surface area contributed by atoms with Crippen LogP contribution in [0.15, 0.2) is 22.1 Å². The van der Waals surface area contributed by atoms with Crippen LogP contribution in [0.4, 0.5) is 0 Å². The quantitative estimate of drug-likeness (QED) is 0.709. The van der Waals surface area contributed by atoms with E-state index in [1.807, 2.05) is 0 Å². The molecule has 0 unspecified atom stereocenters. The van der Waals surface area contributed by atoms with Crippen molar-refractivity contribution in [3.05, 3.63) is 28.3 Å². The van der Waals surface area contributed by atoms with Crippen LogP contribution in [-0.4, -0.2) is 79.7 Å². The van der Waals surface area contributed by atoms with E-state index in [1.165, 1.54) is 51.9 Å². The number of hydrogen-bond acceptors (Lipinski definition) is 5. The van der Waals surface area contributed by atoms with Crippen LogP contribution in [0.5, 0.6) is 5.75 Å². The predicted octanol–water partition coefficient (Wildman–Crippen LogP) is 3.08. The van der Waals surface area contributed by atoms with Gasteiger partial charge in [-0.05, 0) is 64.0 Å². The first kappa shape index (κ1) is 19.3. The monoisotopic (exact) mass is 376 g/mol. The Morgan fingerprint density at radius 3 is 1.69 bits per heavy atom. The highest BCUT2D eigenvalue weighted by Crippen LogP contribution is 2.25. The summed E-state index contributed by atoms with van der Waals surface area (Å²) < 4.78 is 0. The van der Waals surface area contributed by atoms with E-state index in [0.29, 0.717) is 16.1 Å². The van der Waals surface area contributed by atoms with E-state index in [0.717, 1.165) is 26.2 Å². The molecular formula is C20H29ClN4O.